The molecule has 2 heterocycles. The quantitative estimate of drug-likeness (QED) is 0.684. The molecular weight excluding hydrogens is 391 g/mol. The number of hydrogen-bond donors (Lipinski definition) is 1. The molecule has 0 aliphatic carbocycles. The Kier molecular flexibility index (Phi) is 5.44. The number of aromatic nitrogens is 2. The van der Waals surface area contributed by atoms with Crippen LogP contribution in [0.3, 0.4) is 0 Å². The zero-order chi connectivity index (χ0) is 20.3. The Bertz CT molecular complexity index is 1100. The van der Waals surface area contributed by atoms with Crippen molar-refractivity contribution in [2.24, 2.45) is 0 Å². The number of nitrogens with zero attached hydrogens (tertiary/aromatic N) is 3. The van der Waals surface area contributed by atoms with Gasteiger partial charge in [0.05, 0.1) is 5.69 Å². The van der Waals surface area contributed by atoms with E-state index in [1.165, 1.54) is 24.6 Å². The van der Waals surface area contributed by atoms with E-state index in [1.54, 1.807) is 18.2 Å². The summed E-state index contributed by atoms with van der Waals surface area (Å²) in [7, 11) is -4.03. The fourth-order valence-electron chi connectivity index (χ4n) is 3.39. The molecule has 0 saturated carbocycles. The molecule has 1 aliphatic heterocycles. The fraction of sp³-hybridized carbons (Fsp3) is 0.238. The van der Waals surface area contributed by atoms with Gasteiger partial charge < -0.3 is 4.90 Å². The van der Waals surface area contributed by atoms with Crippen LogP contribution in [0.5, 0.6) is 0 Å². The molecule has 1 N–H and O–H groups in total. The number of sulfonamides is 1. The number of anilines is 2. The Morgan fingerprint density at radius 1 is 0.897 bits per heavy atom. The highest BCUT2D eigenvalue weighted by Crippen LogP contribution is 2.25. The van der Waals surface area contributed by atoms with E-state index >= 15 is 0 Å². The van der Waals surface area contributed by atoms with Crippen molar-refractivity contribution in [1.82, 2.24) is 10.2 Å². The molecule has 1 fully saturated rings. The van der Waals surface area contributed by atoms with Crippen LogP contribution in [0, 0.1) is 5.82 Å². The van der Waals surface area contributed by atoms with Gasteiger partial charge in [-0.05, 0) is 55.7 Å². The maximum absolute atomic E-state index is 13.9. The second-order valence-corrected chi connectivity index (χ2v) is 8.59. The van der Waals surface area contributed by atoms with Crippen LogP contribution in [0.2, 0.25) is 0 Å². The monoisotopic (exact) mass is 412 g/mol. The molecule has 29 heavy (non-hydrogen) atoms. The molecule has 6 nitrogen and oxygen atoms in total. The van der Waals surface area contributed by atoms with E-state index in [9.17, 15) is 12.8 Å². The standard InChI is InChI=1S/C21H21FN4O2S/c22-18-9-2-3-10-20(18)29(27,28)25-17-8-6-7-16(15-17)19-11-12-21(24-23-19)26-13-4-1-5-14-26/h2-3,6-12,15,25H,1,4-5,13-14H2. The molecule has 3 aromatic rings. The Labute approximate surface area is 169 Å². The molecule has 0 amide bonds. The van der Waals surface area contributed by atoms with Gasteiger partial charge in [-0.3, -0.25) is 4.72 Å². The molecule has 0 radical (unpaired) electrons. The third-order valence-corrected chi connectivity index (χ3v) is 6.28. The lowest BCUT2D eigenvalue weighted by atomic mass is 10.1. The van der Waals surface area contributed by atoms with E-state index in [4.69, 9.17) is 0 Å². The first kappa shape index (κ1) is 19.3. The van der Waals surface area contributed by atoms with Crippen LogP contribution in [0.25, 0.3) is 11.3 Å². The molecule has 0 unspecified atom stereocenters. The van der Waals surface area contributed by atoms with Gasteiger partial charge in [0.1, 0.15) is 10.7 Å². The van der Waals surface area contributed by atoms with Gasteiger partial charge >= 0.3 is 0 Å². The van der Waals surface area contributed by atoms with E-state index in [2.05, 4.69) is 19.8 Å². The minimum Gasteiger partial charge on any atom is -0.355 e. The topological polar surface area (TPSA) is 75.2 Å². The minimum atomic E-state index is -4.03. The van der Waals surface area contributed by atoms with Crippen LogP contribution in [-0.4, -0.2) is 31.7 Å². The van der Waals surface area contributed by atoms with Crippen LogP contribution in [0.15, 0.2) is 65.6 Å². The SMILES string of the molecule is O=S(=O)(Nc1cccc(-c2ccc(N3CCCCC3)nn2)c1)c1ccccc1F. The summed E-state index contributed by atoms with van der Waals surface area (Å²) in [6.07, 6.45) is 3.57. The molecule has 1 aliphatic rings. The highest BCUT2D eigenvalue weighted by Gasteiger charge is 2.19. The van der Waals surface area contributed by atoms with Crippen molar-refractivity contribution in [2.75, 3.05) is 22.7 Å². The number of benzene rings is 2. The van der Waals surface area contributed by atoms with Crippen LogP contribution in [-0.2, 0) is 10.0 Å². The third kappa shape index (κ3) is 4.37. The Morgan fingerprint density at radius 3 is 2.41 bits per heavy atom. The molecule has 0 bridgehead atoms. The van der Waals surface area contributed by atoms with E-state index in [-0.39, 0.29) is 0 Å². The van der Waals surface area contributed by atoms with Gasteiger partial charge in [0, 0.05) is 24.3 Å². The first-order valence-corrected chi connectivity index (χ1v) is 11.0. The van der Waals surface area contributed by atoms with E-state index in [1.807, 2.05) is 18.2 Å². The van der Waals surface area contributed by atoms with Gasteiger partial charge in [-0.15, -0.1) is 10.2 Å². The zero-order valence-electron chi connectivity index (χ0n) is 15.8. The summed E-state index contributed by atoms with van der Waals surface area (Å²) in [6.45, 7) is 1.97. The third-order valence-electron chi connectivity index (χ3n) is 4.87. The van der Waals surface area contributed by atoms with E-state index in [0.29, 0.717) is 11.4 Å². The second kappa shape index (κ2) is 8.16. The second-order valence-electron chi connectivity index (χ2n) is 6.94. The van der Waals surface area contributed by atoms with Gasteiger partial charge in [0.2, 0.25) is 0 Å². The molecule has 150 valence electrons. The molecular formula is C21H21FN4O2S. The van der Waals surface area contributed by atoms with E-state index < -0.39 is 20.7 Å². The lowest BCUT2D eigenvalue weighted by Gasteiger charge is -2.27. The molecule has 0 spiro atoms. The Balaban J connectivity index is 1.55. The summed E-state index contributed by atoms with van der Waals surface area (Å²) in [6, 6.07) is 15.9. The average Bonchev–Trinajstić information content (AvgIpc) is 2.74. The van der Waals surface area contributed by atoms with Gasteiger partial charge in [-0.2, -0.15) is 0 Å². The van der Waals surface area contributed by atoms with Crippen LogP contribution >= 0.6 is 0 Å². The molecule has 2 aromatic carbocycles. The molecule has 4 rings (SSSR count). The van der Waals surface area contributed by atoms with Gasteiger partial charge in [0.25, 0.3) is 10.0 Å². The summed E-state index contributed by atoms with van der Waals surface area (Å²) in [4.78, 5) is 1.83. The highest BCUT2D eigenvalue weighted by molar-refractivity contribution is 7.92. The Morgan fingerprint density at radius 2 is 1.69 bits per heavy atom. The molecule has 1 aromatic heterocycles. The van der Waals surface area contributed by atoms with Crippen LogP contribution < -0.4 is 9.62 Å². The average molecular weight is 412 g/mol. The number of halogens is 1. The predicted molar refractivity (Wildman–Crippen MR) is 111 cm³/mol. The minimum absolute atomic E-state index is 0.327. The summed E-state index contributed by atoms with van der Waals surface area (Å²) in [5.74, 6) is 0.0557. The number of rotatable bonds is 5. The van der Waals surface area contributed by atoms with Gasteiger partial charge in [0.15, 0.2) is 5.82 Å². The van der Waals surface area contributed by atoms with Crippen molar-refractivity contribution in [3.63, 3.8) is 0 Å². The smallest absolute Gasteiger partial charge is 0.264 e. The summed E-state index contributed by atoms with van der Waals surface area (Å²) in [5, 5.41) is 8.63. The van der Waals surface area contributed by atoms with Crippen LogP contribution in [0.1, 0.15) is 19.3 Å². The lowest BCUT2D eigenvalue weighted by Crippen LogP contribution is -2.30. The maximum atomic E-state index is 13.9. The first-order valence-electron chi connectivity index (χ1n) is 9.49. The molecule has 1 saturated heterocycles. The summed E-state index contributed by atoms with van der Waals surface area (Å²) >= 11 is 0. The normalized spacial score (nSPS) is 14.6. The largest absolute Gasteiger partial charge is 0.355 e. The summed E-state index contributed by atoms with van der Waals surface area (Å²) < 4.78 is 41.3. The van der Waals surface area contributed by atoms with Crippen molar-refractivity contribution >= 4 is 21.5 Å². The van der Waals surface area contributed by atoms with Crippen molar-refractivity contribution in [3.05, 3.63) is 66.5 Å². The number of hydrogen-bond acceptors (Lipinski definition) is 5. The van der Waals surface area contributed by atoms with Gasteiger partial charge in [-0.25, -0.2) is 12.8 Å². The van der Waals surface area contributed by atoms with Crippen molar-refractivity contribution in [2.45, 2.75) is 24.2 Å². The molecule has 8 heteroatoms. The van der Waals surface area contributed by atoms with Crippen molar-refractivity contribution < 1.29 is 12.8 Å². The summed E-state index contributed by atoms with van der Waals surface area (Å²) in [5.41, 5.74) is 1.68. The van der Waals surface area contributed by atoms with Gasteiger partial charge in [-0.1, -0.05) is 24.3 Å². The highest BCUT2D eigenvalue weighted by atomic mass is 32.2. The van der Waals surface area contributed by atoms with Crippen molar-refractivity contribution in [1.29, 1.82) is 0 Å². The number of piperidine rings is 1. The fourth-order valence-corrected chi connectivity index (χ4v) is 4.52. The van der Waals surface area contributed by atoms with Crippen LogP contribution in [0.4, 0.5) is 15.9 Å². The lowest BCUT2D eigenvalue weighted by molar-refractivity contribution is 0.570. The maximum Gasteiger partial charge on any atom is 0.264 e. The first-order chi connectivity index (χ1) is 14.0. The Hall–Kier alpha value is -3.00. The van der Waals surface area contributed by atoms with Crippen molar-refractivity contribution in [3.8, 4) is 11.3 Å². The number of nitrogens with one attached hydrogen (secondary N) is 1. The zero-order valence-corrected chi connectivity index (χ0v) is 16.6. The predicted octanol–water partition coefficient (Wildman–Crippen LogP) is 4.07. The van der Waals surface area contributed by atoms with E-state index in [0.717, 1.165) is 43.4 Å². The molecule has 0 atom stereocenters.